The first-order valence-electron chi connectivity index (χ1n) is 9.35. The van der Waals surface area contributed by atoms with Crippen molar-refractivity contribution < 1.29 is 19.1 Å². The van der Waals surface area contributed by atoms with Gasteiger partial charge in [-0.1, -0.05) is 61.2 Å². The summed E-state index contributed by atoms with van der Waals surface area (Å²) in [7, 11) is 0. The molecule has 7 heteroatoms. The summed E-state index contributed by atoms with van der Waals surface area (Å²) < 4.78 is 6.05. The van der Waals surface area contributed by atoms with E-state index in [0.717, 1.165) is 11.3 Å². The first kappa shape index (κ1) is 22.6. The topological polar surface area (TPSA) is 63.7 Å². The molecular formula is C21H27NO4S2. The summed E-state index contributed by atoms with van der Waals surface area (Å²) in [6, 6.07) is 9.27. The van der Waals surface area contributed by atoms with Crippen molar-refractivity contribution in [3.8, 4) is 0 Å². The number of amides is 1. The van der Waals surface area contributed by atoms with E-state index in [9.17, 15) is 14.4 Å². The van der Waals surface area contributed by atoms with E-state index < -0.39 is 23.4 Å². The third-order valence-corrected chi connectivity index (χ3v) is 5.78. The Labute approximate surface area is 176 Å². The Hall–Kier alpha value is -1.73. The SMILES string of the molecule is C[C@H](CC(=O)N1CCSC1=S)C(C(=O)Cc1ccccc1)C(=O)OC(C)(C)C. The Morgan fingerprint density at radius 3 is 2.39 bits per heavy atom. The molecule has 2 atom stereocenters. The van der Waals surface area contributed by atoms with Crippen LogP contribution in [0.2, 0.25) is 0 Å². The van der Waals surface area contributed by atoms with Crippen LogP contribution in [0, 0.1) is 11.8 Å². The molecule has 0 bridgehead atoms. The van der Waals surface area contributed by atoms with Crippen LogP contribution in [0.3, 0.4) is 0 Å². The second-order valence-corrected chi connectivity index (χ2v) is 9.71. The molecule has 152 valence electrons. The number of hydrogen-bond acceptors (Lipinski definition) is 6. The number of carbonyl (C=O) groups excluding carboxylic acids is 3. The molecular weight excluding hydrogens is 394 g/mol. The van der Waals surface area contributed by atoms with E-state index in [1.165, 1.54) is 11.8 Å². The molecule has 1 amide bonds. The first-order chi connectivity index (χ1) is 13.1. The molecule has 0 aliphatic carbocycles. The fourth-order valence-electron chi connectivity index (χ4n) is 3.08. The van der Waals surface area contributed by atoms with Crippen LogP contribution in [0.5, 0.6) is 0 Å². The predicted molar refractivity (Wildman–Crippen MR) is 115 cm³/mol. The summed E-state index contributed by atoms with van der Waals surface area (Å²) in [5, 5.41) is 0. The number of carbonyl (C=O) groups is 3. The van der Waals surface area contributed by atoms with Crippen LogP contribution in [0.25, 0.3) is 0 Å². The molecule has 1 unspecified atom stereocenters. The molecule has 0 saturated carbocycles. The van der Waals surface area contributed by atoms with Crippen LogP contribution < -0.4 is 0 Å². The number of esters is 1. The average molecular weight is 422 g/mol. The summed E-state index contributed by atoms with van der Waals surface area (Å²) in [6.45, 7) is 7.61. The molecule has 1 heterocycles. The third-order valence-electron chi connectivity index (χ3n) is 4.36. The Morgan fingerprint density at radius 2 is 1.86 bits per heavy atom. The number of hydrogen-bond donors (Lipinski definition) is 0. The van der Waals surface area contributed by atoms with E-state index in [1.807, 2.05) is 30.3 Å². The van der Waals surface area contributed by atoms with Gasteiger partial charge in [-0.25, -0.2) is 0 Å². The van der Waals surface area contributed by atoms with Crippen molar-refractivity contribution in [1.29, 1.82) is 0 Å². The van der Waals surface area contributed by atoms with Crippen LogP contribution in [0.4, 0.5) is 0 Å². The van der Waals surface area contributed by atoms with Gasteiger partial charge in [-0.2, -0.15) is 0 Å². The van der Waals surface area contributed by atoms with E-state index in [1.54, 1.807) is 32.6 Å². The average Bonchev–Trinajstić information content (AvgIpc) is 3.00. The molecule has 1 aliphatic rings. The van der Waals surface area contributed by atoms with Gasteiger partial charge in [0.05, 0.1) is 0 Å². The van der Waals surface area contributed by atoms with Crippen molar-refractivity contribution in [2.45, 2.75) is 46.1 Å². The predicted octanol–water partition coefficient (Wildman–Crippen LogP) is 3.64. The lowest BCUT2D eigenvalue weighted by atomic mass is 9.84. The van der Waals surface area contributed by atoms with Gasteiger partial charge >= 0.3 is 5.97 Å². The first-order valence-corrected chi connectivity index (χ1v) is 10.7. The summed E-state index contributed by atoms with van der Waals surface area (Å²) in [6.07, 6.45) is 0.201. The Morgan fingerprint density at radius 1 is 1.21 bits per heavy atom. The minimum absolute atomic E-state index is 0.0745. The Balaban J connectivity index is 2.16. The van der Waals surface area contributed by atoms with Gasteiger partial charge in [-0.05, 0) is 32.3 Å². The van der Waals surface area contributed by atoms with Crippen molar-refractivity contribution in [1.82, 2.24) is 4.90 Å². The molecule has 1 saturated heterocycles. The number of nitrogens with zero attached hydrogens (tertiary/aromatic N) is 1. The standard InChI is InChI=1S/C21H27NO4S2/c1-14(12-17(24)22-10-11-28-20(22)27)18(19(25)26-21(2,3)4)16(23)13-15-8-6-5-7-9-15/h5-9,14,18H,10-13H2,1-4H3/t14-,18?/m1/s1. The van der Waals surface area contributed by atoms with E-state index in [4.69, 9.17) is 17.0 Å². The smallest absolute Gasteiger partial charge is 0.317 e. The Bertz CT molecular complexity index is 743. The minimum atomic E-state index is -0.993. The maximum Gasteiger partial charge on any atom is 0.317 e. The number of ketones is 1. The molecule has 0 radical (unpaired) electrons. The highest BCUT2D eigenvalue weighted by molar-refractivity contribution is 8.23. The monoisotopic (exact) mass is 421 g/mol. The Kier molecular flexibility index (Phi) is 7.78. The quantitative estimate of drug-likeness (QED) is 0.380. The molecule has 0 aromatic heterocycles. The maximum atomic E-state index is 13.0. The lowest BCUT2D eigenvalue weighted by Gasteiger charge is -2.27. The highest BCUT2D eigenvalue weighted by atomic mass is 32.2. The lowest BCUT2D eigenvalue weighted by molar-refractivity contribution is -0.164. The van der Waals surface area contributed by atoms with Gasteiger partial charge in [0.1, 0.15) is 15.8 Å². The van der Waals surface area contributed by atoms with E-state index in [2.05, 4.69) is 0 Å². The summed E-state index contributed by atoms with van der Waals surface area (Å²) in [5.74, 6) is -1.66. The van der Waals surface area contributed by atoms with Crippen molar-refractivity contribution in [2.75, 3.05) is 12.3 Å². The normalized spacial score (nSPS) is 16.6. The summed E-state index contributed by atoms with van der Waals surface area (Å²) in [5.41, 5.74) is 0.121. The molecule has 28 heavy (non-hydrogen) atoms. The van der Waals surface area contributed by atoms with Gasteiger partial charge in [-0.15, -0.1) is 0 Å². The van der Waals surface area contributed by atoms with Crippen molar-refractivity contribution in [3.63, 3.8) is 0 Å². The number of thiocarbonyl (C=S) groups is 1. The zero-order valence-electron chi connectivity index (χ0n) is 16.8. The summed E-state index contributed by atoms with van der Waals surface area (Å²) >= 11 is 6.68. The fraction of sp³-hybridized carbons (Fsp3) is 0.524. The van der Waals surface area contributed by atoms with Crippen LogP contribution >= 0.6 is 24.0 Å². The maximum absolute atomic E-state index is 13.0. The van der Waals surface area contributed by atoms with Gasteiger partial charge in [0, 0.05) is 25.1 Å². The molecule has 1 fully saturated rings. The van der Waals surface area contributed by atoms with Crippen LogP contribution in [0.15, 0.2) is 30.3 Å². The van der Waals surface area contributed by atoms with Gasteiger partial charge in [-0.3, -0.25) is 19.3 Å². The highest BCUT2D eigenvalue weighted by Gasteiger charge is 2.37. The van der Waals surface area contributed by atoms with E-state index in [0.29, 0.717) is 10.9 Å². The molecule has 0 N–H and O–H groups in total. The zero-order valence-corrected chi connectivity index (χ0v) is 18.4. The van der Waals surface area contributed by atoms with Crippen molar-refractivity contribution >= 4 is 46.0 Å². The third kappa shape index (κ3) is 6.41. The van der Waals surface area contributed by atoms with Crippen LogP contribution in [-0.2, 0) is 25.5 Å². The summed E-state index contributed by atoms with van der Waals surface area (Å²) in [4.78, 5) is 40.0. The number of ether oxygens (including phenoxy) is 1. The largest absolute Gasteiger partial charge is 0.459 e. The number of benzene rings is 1. The molecule has 5 nitrogen and oxygen atoms in total. The van der Waals surface area contributed by atoms with Crippen molar-refractivity contribution in [2.24, 2.45) is 11.8 Å². The second-order valence-electron chi connectivity index (χ2n) is 7.98. The molecule has 0 spiro atoms. The van der Waals surface area contributed by atoms with Crippen molar-refractivity contribution in [3.05, 3.63) is 35.9 Å². The van der Waals surface area contributed by atoms with E-state index in [-0.39, 0.29) is 24.5 Å². The van der Waals surface area contributed by atoms with Gasteiger partial charge < -0.3 is 4.74 Å². The molecule has 1 aliphatic heterocycles. The molecule has 1 aromatic carbocycles. The number of thioether (sulfide) groups is 1. The number of rotatable bonds is 7. The van der Waals surface area contributed by atoms with Crippen LogP contribution in [-0.4, -0.2) is 44.8 Å². The van der Waals surface area contributed by atoms with Crippen LogP contribution in [0.1, 0.15) is 39.7 Å². The highest BCUT2D eigenvalue weighted by Crippen LogP contribution is 2.26. The zero-order chi connectivity index (χ0) is 20.9. The fourth-order valence-corrected chi connectivity index (χ4v) is 4.32. The molecule has 2 rings (SSSR count). The van der Waals surface area contributed by atoms with Gasteiger partial charge in [0.15, 0.2) is 5.78 Å². The lowest BCUT2D eigenvalue weighted by Crippen LogP contribution is -2.40. The molecule has 1 aromatic rings. The van der Waals surface area contributed by atoms with Gasteiger partial charge in [0.25, 0.3) is 0 Å². The number of Topliss-reactive ketones (excluding diaryl/α,β-unsaturated/α-hetero) is 1. The second kappa shape index (κ2) is 9.65. The minimum Gasteiger partial charge on any atom is -0.459 e. The van der Waals surface area contributed by atoms with E-state index >= 15 is 0 Å². The van der Waals surface area contributed by atoms with Gasteiger partial charge in [0.2, 0.25) is 5.91 Å².